The number of hydrogen-bond acceptors (Lipinski definition) is 2. The first-order valence-electron chi connectivity index (χ1n) is 6.46. The minimum absolute atomic E-state index is 1.01. The Hall–Kier alpha value is -1.02. The van der Waals surface area contributed by atoms with Crippen molar-refractivity contribution in [1.82, 2.24) is 5.32 Å². The monoisotopic (exact) mass is 218 g/mol. The summed E-state index contributed by atoms with van der Waals surface area (Å²) < 4.78 is 0. The third kappa shape index (κ3) is 2.99. The van der Waals surface area contributed by atoms with Gasteiger partial charge in [-0.2, -0.15) is 0 Å². The van der Waals surface area contributed by atoms with Crippen molar-refractivity contribution in [3.63, 3.8) is 0 Å². The molecule has 0 bridgehead atoms. The summed E-state index contributed by atoms with van der Waals surface area (Å²) in [4.78, 5) is 0. The fourth-order valence-electron chi connectivity index (χ4n) is 2.32. The van der Waals surface area contributed by atoms with E-state index in [2.05, 4.69) is 35.8 Å². The van der Waals surface area contributed by atoms with Crippen molar-refractivity contribution < 1.29 is 0 Å². The summed E-state index contributed by atoms with van der Waals surface area (Å²) >= 11 is 0. The molecule has 2 N–H and O–H groups in total. The molecule has 0 unspecified atom stereocenters. The Morgan fingerprint density at radius 2 is 1.88 bits per heavy atom. The van der Waals surface area contributed by atoms with Crippen molar-refractivity contribution in [1.29, 1.82) is 0 Å². The van der Waals surface area contributed by atoms with Crippen LogP contribution < -0.4 is 10.6 Å². The number of benzene rings is 1. The fraction of sp³-hybridized carbons (Fsp3) is 0.571. The second-order valence-corrected chi connectivity index (χ2v) is 4.47. The van der Waals surface area contributed by atoms with Crippen LogP contribution in [-0.2, 0) is 12.8 Å². The summed E-state index contributed by atoms with van der Waals surface area (Å²) in [6.07, 6.45) is 5.25. The van der Waals surface area contributed by atoms with E-state index in [0.717, 1.165) is 19.6 Å². The van der Waals surface area contributed by atoms with Gasteiger partial charge < -0.3 is 10.6 Å². The molecule has 0 spiro atoms. The van der Waals surface area contributed by atoms with Crippen LogP contribution in [0.15, 0.2) is 18.2 Å². The molecule has 0 heterocycles. The van der Waals surface area contributed by atoms with Crippen LogP contribution in [-0.4, -0.2) is 19.6 Å². The van der Waals surface area contributed by atoms with E-state index in [4.69, 9.17) is 0 Å². The molecule has 2 rings (SSSR count). The SMILES string of the molecule is CCNCCNc1ccc2c(c1)CCCC2. The van der Waals surface area contributed by atoms with Crippen LogP contribution >= 0.6 is 0 Å². The molecule has 0 saturated carbocycles. The van der Waals surface area contributed by atoms with Crippen LogP contribution in [0.5, 0.6) is 0 Å². The van der Waals surface area contributed by atoms with Gasteiger partial charge in [-0.05, 0) is 55.5 Å². The molecular weight excluding hydrogens is 196 g/mol. The van der Waals surface area contributed by atoms with E-state index in [1.165, 1.54) is 31.4 Å². The van der Waals surface area contributed by atoms with Crippen molar-refractivity contribution in [2.45, 2.75) is 32.6 Å². The van der Waals surface area contributed by atoms with Gasteiger partial charge >= 0.3 is 0 Å². The maximum atomic E-state index is 3.47. The van der Waals surface area contributed by atoms with Gasteiger partial charge in [-0.1, -0.05) is 13.0 Å². The highest BCUT2D eigenvalue weighted by Gasteiger charge is 2.08. The predicted octanol–water partition coefficient (Wildman–Crippen LogP) is 2.59. The van der Waals surface area contributed by atoms with Crippen molar-refractivity contribution in [2.24, 2.45) is 0 Å². The zero-order chi connectivity index (χ0) is 11.2. The Labute approximate surface area is 98.4 Å². The molecule has 0 aromatic heterocycles. The van der Waals surface area contributed by atoms with Gasteiger partial charge in [0.1, 0.15) is 0 Å². The summed E-state index contributed by atoms with van der Waals surface area (Å²) in [6, 6.07) is 6.85. The third-order valence-electron chi connectivity index (χ3n) is 3.23. The van der Waals surface area contributed by atoms with E-state index in [0.29, 0.717) is 0 Å². The Kier molecular flexibility index (Phi) is 4.23. The van der Waals surface area contributed by atoms with Crippen molar-refractivity contribution in [3.05, 3.63) is 29.3 Å². The lowest BCUT2D eigenvalue weighted by Gasteiger charge is -2.17. The first-order chi connectivity index (χ1) is 7.90. The molecule has 16 heavy (non-hydrogen) atoms. The molecule has 0 amide bonds. The molecule has 0 aliphatic heterocycles. The smallest absolute Gasteiger partial charge is 0.0343 e. The van der Waals surface area contributed by atoms with E-state index in [-0.39, 0.29) is 0 Å². The van der Waals surface area contributed by atoms with Crippen LogP contribution in [0.3, 0.4) is 0 Å². The average Bonchev–Trinajstić information content (AvgIpc) is 2.34. The first-order valence-corrected chi connectivity index (χ1v) is 6.46. The van der Waals surface area contributed by atoms with Crippen LogP contribution in [0.4, 0.5) is 5.69 Å². The van der Waals surface area contributed by atoms with Crippen molar-refractivity contribution in [2.75, 3.05) is 25.0 Å². The Bertz CT molecular complexity index is 334. The van der Waals surface area contributed by atoms with Crippen LogP contribution in [0.25, 0.3) is 0 Å². The number of nitrogens with one attached hydrogen (secondary N) is 2. The van der Waals surface area contributed by atoms with Crippen LogP contribution in [0.2, 0.25) is 0 Å². The van der Waals surface area contributed by atoms with Gasteiger partial charge in [0, 0.05) is 18.8 Å². The van der Waals surface area contributed by atoms with E-state index in [9.17, 15) is 0 Å². The summed E-state index contributed by atoms with van der Waals surface area (Å²) in [6.45, 7) is 5.23. The lowest BCUT2D eigenvalue weighted by Crippen LogP contribution is -2.21. The topological polar surface area (TPSA) is 24.1 Å². The summed E-state index contributed by atoms with van der Waals surface area (Å²) in [5, 5.41) is 6.79. The third-order valence-corrected chi connectivity index (χ3v) is 3.23. The van der Waals surface area contributed by atoms with Crippen LogP contribution in [0, 0.1) is 0 Å². The Morgan fingerprint density at radius 3 is 2.69 bits per heavy atom. The largest absolute Gasteiger partial charge is 0.384 e. The molecule has 1 aromatic rings. The first kappa shape index (κ1) is 11.5. The standard InChI is InChI=1S/C14H22N2/c1-2-15-9-10-16-14-8-7-12-5-3-4-6-13(12)11-14/h7-8,11,15-16H,2-6,9-10H2,1H3. The summed E-state index contributed by atoms with van der Waals surface area (Å²) in [5.74, 6) is 0. The summed E-state index contributed by atoms with van der Waals surface area (Å²) in [7, 11) is 0. The zero-order valence-electron chi connectivity index (χ0n) is 10.2. The molecule has 0 saturated heterocycles. The number of hydrogen-bond donors (Lipinski definition) is 2. The highest BCUT2D eigenvalue weighted by molar-refractivity contribution is 5.49. The molecule has 0 radical (unpaired) electrons. The van der Waals surface area contributed by atoms with E-state index >= 15 is 0 Å². The normalized spacial score (nSPS) is 14.6. The Morgan fingerprint density at radius 1 is 1.06 bits per heavy atom. The van der Waals surface area contributed by atoms with Crippen LogP contribution in [0.1, 0.15) is 30.9 Å². The minimum atomic E-state index is 1.01. The molecule has 0 fully saturated rings. The highest BCUT2D eigenvalue weighted by atomic mass is 14.9. The Balaban J connectivity index is 1.90. The minimum Gasteiger partial charge on any atom is -0.384 e. The zero-order valence-corrected chi connectivity index (χ0v) is 10.2. The predicted molar refractivity (Wildman–Crippen MR) is 70.1 cm³/mol. The molecule has 1 aromatic carbocycles. The van der Waals surface area contributed by atoms with Gasteiger partial charge in [0.25, 0.3) is 0 Å². The highest BCUT2D eigenvalue weighted by Crippen LogP contribution is 2.23. The van der Waals surface area contributed by atoms with E-state index in [1.807, 2.05) is 0 Å². The van der Waals surface area contributed by atoms with E-state index in [1.54, 1.807) is 11.1 Å². The van der Waals surface area contributed by atoms with Crippen molar-refractivity contribution >= 4 is 5.69 Å². The summed E-state index contributed by atoms with van der Waals surface area (Å²) in [5.41, 5.74) is 4.39. The molecule has 1 aliphatic carbocycles. The van der Waals surface area contributed by atoms with Gasteiger partial charge in [-0.3, -0.25) is 0 Å². The molecule has 2 heteroatoms. The number of likely N-dealkylation sites (N-methyl/N-ethyl adjacent to an activating group) is 1. The lowest BCUT2D eigenvalue weighted by molar-refractivity contribution is 0.685. The molecule has 1 aliphatic rings. The maximum absolute atomic E-state index is 3.47. The van der Waals surface area contributed by atoms with Gasteiger partial charge in [-0.15, -0.1) is 0 Å². The van der Waals surface area contributed by atoms with E-state index < -0.39 is 0 Å². The van der Waals surface area contributed by atoms with Gasteiger partial charge in [0.15, 0.2) is 0 Å². The molecule has 0 atom stereocenters. The average molecular weight is 218 g/mol. The second kappa shape index (κ2) is 5.90. The van der Waals surface area contributed by atoms with Gasteiger partial charge in [0.2, 0.25) is 0 Å². The molecule has 88 valence electrons. The fourth-order valence-corrected chi connectivity index (χ4v) is 2.32. The quantitative estimate of drug-likeness (QED) is 0.742. The number of anilines is 1. The van der Waals surface area contributed by atoms with Crippen molar-refractivity contribution in [3.8, 4) is 0 Å². The molecular formula is C14H22N2. The second-order valence-electron chi connectivity index (χ2n) is 4.47. The number of fused-ring (bicyclic) bond motifs is 1. The number of rotatable bonds is 5. The van der Waals surface area contributed by atoms with Gasteiger partial charge in [-0.25, -0.2) is 0 Å². The molecule has 2 nitrogen and oxygen atoms in total. The lowest BCUT2D eigenvalue weighted by atomic mass is 9.91. The number of aryl methyl sites for hydroxylation is 2. The van der Waals surface area contributed by atoms with Gasteiger partial charge in [0.05, 0.1) is 0 Å². The maximum Gasteiger partial charge on any atom is 0.0343 e.